The molecule has 20 heavy (non-hydrogen) atoms. The maximum absolute atomic E-state index is 12.1. The highest BCUT2D eigenvalue weighted by Crippen LogP contribution is 2.19. The Morgan fingerprint density at radius 3 is 2.90 bits per heavy atom. The van der Waals surface area contributed by atoms with Crippen LogP contribution in [-0.4, -0.2) is 38.3 Å². The molecule has 5 heteroatoms. The fraction of sp³-hybridized carbons (Fsp3) is 0.533. The summed E-state index contributed by atoms with van der Waals surface area (Å²) in [7, 11) is 1.70. The van der Waals surface area contributed by atoms with Crippen LogP contribution in [-0.2, 0) is 4.74 Å². The van der Waals surface area contributed by atoms with Gasteiger partial charge in [-0.1, -0.05) is 17.7 Å². The molecule has 1 aliphatic heterocycles. The van der Waals surface area contributed by atoms with E-state index in [-0.39, 0.29) is 23.9 Å². The van der Waals surface area contributed by atoms with Crippen LogP contribution >= 0.6 is 12.4 Å². The van der Waals surface area contributed by atoms with E-state index in [4.69, 9.17) is 4.74 Å². The first-order valence-corrected chi connectivity index (χ1v) is 6.74. The number of ether oxygens (including phenoxy) is 1. The first-order chi connectivity index (χ1) is 9.15. The lowest BCUT2D eigenvalue weighted by molar-refractivity contribution is 0.0892. The minimum Gasteiger partial charge on any atom is -0.383 e. The van der Waals surface area contributed by atoms with Crippen LogP contribution in [0.25, 0.3) is 0 Å². The minimum absolute atomic E-state index is 0. The van der Waals surface area contributed by atoms with E-state index < -0.39 is 0 Å². The molecule has 1 atom stereocenters. The Labute approximate surface area is 126 Å². The van der Waals surface area contributed by atoms with Crippen molar-refractivity contribution in [3.8, 4) is 0 Å². The third-order valence-corrected chi connectivity index (χ3v) is 3.62. The lowest BCUT2D eigenvalue weighted by Crippen LogP contribution is -2.53. The fourth-order valence-corrected chi connectivity index (χ4v) is 2.61. The second kappa shape index (κ2) is 7.62. The highest BCUT2D eigenvalue weighted by Gasteiger charge is 2.33. The molecule has 1 saturated heterocycles. The molecule has 4 nitrogen and oxygen atoms in total. The van der Waals surface area contributed by atoms with Gasteiger partial charge in [0.1, 0.15) is 0 Å². The van der Waals surface area contributed by atoms with Crippen molar-refractivity contribution >= 4 is 18.3 Å². The summed E-state index contributed by atoms with van der Waals surface area (Å²) in [6.45, 7) is 4.21. The standard InChI is InChI=1S/C15H22N2O2.ClH/c1-12-5-3-6-13(9-12)14(18)16-10-15(11-19-2)7-4-8-17-15;/h3,5-6,9,17H,4,7-8,10-11H2,1-2H3,(H,16,18);1H. The SMILES string of the molecule is COCC1(CNC(=O)c2cccc(C)c2)CCCN1.Cl. The molecule has 112 valence electrons. The fourth-order valence-electron chi connectivity index (χ4n) is 2.61. The summed E-state index contributed by atoms with van der Waals surface area (Å²) in [4.78, 5) is 12.1. The van der Waals surface area contributed by atoms with E-state index in [9.17, 15) is 4.79 Å². The van der Waals surface area contributed by atoms with Crippen LogP contribution in [0, 0.1) is 6.92 Å². The van der Waals surface area contributed by atoms with Gasteiger partial charge in [-0.05, 0) is 38.4 Å². The van der Waals surface area contributed by atoms with Crippen LogP contribution in [0.4, 0.5) is 0 Å². The molecule has 1 amide bonds. The molecule has 1 aromatic rings. The lowest BCUT2D eigenvalue weighted by Gasteiger charge is -2.29. The van der Waals surface area contributed by atoms with Crippen LogP contribution in [0.2, 0.25) is 0 Å². The van der Waals surface area contributed by atoms with Crippen LogP contribution in [0.15, 0.2) is 24.3 Å². The van der Waals surface area contributed by atoms with Gasteiger partial charge in [-0.3, -0.25) is 4.79 Å². The Kier molecular flexibility index (Phi) is 6.46. The summed E-state index contributed by atoms with van der Waals surface area (Å²) < 4.78 is 5.27. The summed E-state index contributed by atoms with van der Waals surface area (Å²) in [5.41, 5.74) is 1.71. The number of methoxy groups -OCH3 is 1. The zero-order valence-corrected chi connectivity index (χ0v) is 12.9. The van der Waals surface area contributed by atoms with Gasteiger partial charge in [0, 0.05) is 19.2 Å². The largest absolute Gasteiger partial charge is 0.383 e. The number of carbonyl (C=O) groups excluding carboxylic acids is 1. The van der Waals surface area contributed by atoms with Crippen LogP contribution in [0.1, 0.15) is 28.8 Å². The first-order valence-electron chi connectivity index (χ1n) is 6.74. The molecule has 0 bridgehead atoms. The van der Waals surface area contributed by atoms with Crippen LogP contribution in [0.5, 0.6) is 0 Å². The van der Waals surface area contributed by atoms with E-state index in [1.54, 1.807) is 7.11 Å². The van der Waals surface area contributed by atoms with Crippen molar-refractivity contribution in [2.75, 3.05) is 26.8 Å². The van der Waals surface area contributed by atoms with Gasteiger partial charge in [-0.2, -0.15) is 0 Å². The predicted octanol–water partition coefficient (Wildman–Crippen LogP) is 1.92. The van der Waals surface area contributed by atoms with Gasteiger partial charge in [0.05, 0.1) is 12.1 Å². The number of aryl methyl sites for hydroxylation is 1. The van der Waals surface area contributed by atoms with Crippen LogP contribution in [0.3, 0.4) is 0 Å². The number of carbonyl (C=O) groups is 1. The second-order valence-electron chi connectivity index (χ2n) is 5.30. The van der Waals surface area contributed by atoms with Gasteiger partial charge in [-0.25, -0.2) is 0 Å². The van der Waals surface area contributed by atoms with Crippen LogP contribution < -0.4 is 10.6 Å². The maximum Gasteiger partial charge on any atom is 0.251 e. The van der Waals surface area contributed by atoms with E-state index in [1.165, 1.54) is 0 Å². The molecule has 2 rings (SSSR count). The smallest absolute Gasteiger partial charge is 0.251 e. The van der Waals surface area contributed by atoms with Gasteiger partial charge in [0.15, 0.2) is 0 Å². The average molecular weight is 299 g/mol. The Balaban J connectivity index is 0.00000200. The van der Waals surface area contributed by atoms with Crippen molar-refractivity contribution in [3.63, 3.8) is 0 Å². The van der Waals surface area contributed by atoms with Gasteiger partial charge >= 0.3 is 0 Å². The van der Waals surface area contributed by atoms with Crippen molar-refractivity contribution in [2.45, 2.75) is 25.3 Å². The Bertz CT molecular complexity index is 445. The summed E-state index contributed by atoms with van der Waals surface area (Å²) in [5.74, 6) is -0.0205. The maximum atomic E-state index is 12.1. The Morgan fingerprint density at radius 1 is 1.50 bits per heavy atom. The summed E-state index contributed by atoms with van der Waals surface area (Å²) in [6, 6.07) is 7.64. The Hall–Kier alpha value is -1.10. The summed E-state index contributed by atoms with van der Waals surface area (Å²) >= 11 is 0. The van der Waals surface area contributed by atoms with Gasteiger partial charge in [0.25, 0.3) is 5.91 Å². The molecular weight excluding hydrogens is 276 g/mol. The van der Waals surface area contributed by atoms with E-state index in [0.29, 0.717) is 18.7 Å². The molecule has 1 aromatic carbocycles. The molecule has 0 aromatic heterocycles. The normalized spacial score (nSPS) is 21.3. The van der Waals surface area contributed by atoms with Crippen molar-refractivity contribution in [3.05, 3.63) is 35.4 Å². The molecule has 0 spiro atoms. The predicted molar refractivity (Wildman–Crippen MR) is 82.6 cm³/mol. The monoisotopic (exact) mass is 298 g/mol. The van der Waals surface area contributed by atoms with Gasteiger partial charge in [0.2, 0.25) is 0 Å². The summed E-state index contributed by atoms with van der Waals surface area (Å²) in [6.07, 6.45) is 2.17. The number of halogens is 1. The third kappa shape index (κ3) is 4.20. The second-order valence-corrected chi connectivity index (χ2v) is 5.30. The van der Waals surface area contributed by atoms with E-state index >= 15 is 0 Å². The number of hydrogen-bond acceptors (Lipinski definition) is 3. The zero-order valence-electron chi connectivity index (χ0n) is 12.1. The topological polar surface area (TPSA) is 50.4 Å². The molecule has 1 fully saturated rings. The lowest BCUT2D eigenvalue weighted by atomic mass is 9.98. The number of amides is 1. The molecule has 0 saturated carbocycles. The number of benzene rings is 1. The number of rotatable bonds is 5. The number of nitrogens with one attached hydrogen (secondary N) is 2. The summed E-state index contributed by atoms with van der Waals surface area (Å²) in [5, 5.41) is 6.46. The van der Waals surface area contributed by atoms with E-state index in [0.717, 1.165) is 24.9 Å². The average Bonchev–Trinajstić information content (AvgIpc) is 2.85. The number of hydrogen-bond donors (Lipinski definition) is 2. The van der Waals surface area contributed by atoms with Crippen molar-refractivity contribution < 1.29 is 9.53 Å². The molecular formula is C15H23ClN2O2. The highest BCUT2D eigenvalue weighted by atomic mass is 35.5. The van der Waals surface area contributed by atoms with Crippen molar-refractivity contribution in [2.24, 2.45) is 0 Å². The zero-order chi connectivity index (χ0) is 13.7. The quantitative estimate of drug-likeness (QED) is 0.873. The van der Waals surface area contributed by atoms with Crippen molar-refractivity contribution in [1.82, 2.24) is 10.6 Å². The highest BCUT2D eigenvalue weighted by molar-refractivity contribution is 5.94. The molecule has 0 aliphatic carbocycles. The van der Waals surface area contributed by atoms with E-state index in [1.807, 2.05) is 31.2 Å². The van der Waals surface area contributed by atoms with Gasteiger partial charge in [-0.15, -0.1) is 12.4 Å². The molecule has 2 N–H and O–H groups in total. The molecule has 1 heterocycles. The first kappa shape index (κ1) is 17.0. The van der Waals surface area contributed by atoms with E-state index in [2.05, 4.69) is 10.6 Å². The third-order valence-electron chi connectivity index (χ3n) is 3.62. The molecule has 1 aliphatic rings. The molecule has 1 unspecified atom stereocenters. The minimum atomic E-state index is -0.103. The van der Waals surface area contributed by atoms with Gasteiger partial charge < -0.3 is 15.4 Å². The Morgan fingerprint density at radius 2 is 2.30 bits per heavy atom. The molecule has 0 radical (unpaired) electrons. The van der Waals surface area contributed by atoms with Crippen molar-refractivity contribution in [1.29, 1.82) is 0 Å².